The van der Waals surface area contributed by atoms with Crippen molar-refractivity contribution < 1.29 is 24.1 Å². The molecule has 0 bridgehead atoms. The molecule has 0 atom stereocenters. The Hall–Kier alpha value is -3.49. The molecule has 0 spiro atoms. The number of nitro benzene ring substituents is 2. The van der Waals surface area contributed by atoms with E-state index in [1.807, 2.05) is 0 Å². The van der Waals surface area contributed by atoms with Crippen LogP contribution in [0, 0.1) is 20.2 Å². The predicted octanol–water partition coefficient (Wildman–Crippen LogP) is 3.08. The van der Waals surface area contributed by atoms with Gasteiger partial charge in [0.1, 0.15) is 5.75 Å². The average molecular weight is 304 g/mol. The van der Waals surface area contributed by atoms with Gasteiger partial charge in [-0.1, -0.05) is 12.1 Å². The zero-order chi connectivity index (χ0) is 16.1. The first-order chi connectivity index (χ1) is 10.5. The minimum Gasteiger partial charge on any atom is -0.395 e. The lowest BCUT2D eigenvalue weighted by atomic mass is 10.3. The first kappa shape index (κ1) is 14.9. The third-order valence-corrected chi connectivity index (χ3v) is 2.50. The molecule has 0 aliphatic rings. The van der Waals surface area contributed by atoms with Gasteiger partial charge in [-0.05, 0) is 18.2 Å². The van der Waals surface area contributed by atoms with Gasteiger partial charge in [0.05, 0.1) is 9.85 Å². The topological polar surface area (TPSA) is 122 Å². The van der Waals surface area contributed by atoms with Gasteiger partial charge in [0.2, 0.25) is 5.75 Å². The van der Waals surface area contributed by atoms with Crippen LogP contribution >= 0.6 is 0 Å². The largest absolute Gasteiger partial charge is 0.519 e. The number of nitrogens with zero attached hydrogens (tertiary/aromatic N) is 2. The van der Waals surface area contributed by atoms with Crippen LogP contribution in [-0.4, -0.2) is 16.0 Å². The van der Waals surface area contributed by atoms with Crippen LogP contribution in [-0.2, 0) is 0 Å². The number of nitro groups is 2. The second kappa shape index (κ2) is 6.31. The molecule has 0 aliphatic heterocycles. The highest BCUT2D eigenvalue weighted by atomic mass is 16.7. The van der Waals surface area contributed by atoms with Gasteiger partial charge in [-0.3, -0.25) is 20.2 Å². The monoisotopic (exact) mass is 304 g/mol. The molecule has 2 rings (SSSR count). The Labute approximate surface area is 123 Å². The molecule has 0 saturated heterocycles. The SMILES string of the molecule is O=C(Oc1ccc([N+](=O)[O-])cc1)Oc1ccccc1[N+](=O)[O-]. The van der Waals surface area contributed by atoms with Gasteiger partial charge in [0.25, 0.3) is 5.69 Å². The average Bonchev–Trinajstić information content (AvgIpc) is 2.48. The van der Waals surface area contributed by atoms with Crippen LogP contribution < -0.4 is 9.47 Å². The van der Waals surface area contributed by atoms with Crippen molar-refractivity contribution in [2.75, 3.05) is 0 Å². The zero-order valence-corrected chi connectivity index (χ0v) is 10.9. The fraction of sp³-hybridized carbons (Fsp3) is 0. The van der Waals surface area contributed by atoms with Crippen LogP contribution in [0.15, 0.2) is 48.5 Å². The highest BCUT2D eigenvalue weighted by Gasteiger charge is 2.18. The van der Waals surface area contributed by atoms with Gasteiger partial charge in [0, 0.05) is 18.2 Å². The molecule has 2 aromatic rings. The summed E-state index contributed by atoms with van der Waals surface area (Å²) >= 11 is 0. The molecule has 9 nitrogen and oxygen atoms in total. The normalized spacial score (nSPS) is 9.82. The molecule has 0 saturated carbocycles. The van der Waals surface area contributed by atoms with E-state index in [9.17, 15) is 25.0 Å². The number of para-hydroxylation sites is 2. The van der Waals surface area contributed by atoms with E-state index >= 15 is 0 Å². The van der Waals surface area contributed by atoms with Crippen LogP contribution in [0.1, 0.15) is 0 Å². The lowest BCUT2D eigenvalue weighted by Gasteiger charge is -2.05. The summed E-state index contributed by atoms with van der Waals surface area (Å²) < 4.78 is 9.53. The second-order valence-corrected chi connectivity index (χ2v) is 3.93. The minimum atomic E-state index is -1.19. The molecule has 0 unspecified atom stereocenters. The summed E-state index contributed by atoms with van der Waals surface area (Å²) in [5.74, 6) is -0.256. The number of rotatable bonds is 4. The maximum absolute atomic E-state index is 11.6. The lowest BCUT2D eigenvalue weighted by Crippen LogP contribution is -2.14. The highest BCUT2D eigenvalue weighted by molar-refractivity contribution is 5.69. The summed E-state index contributed by atoms with van der Waals surface area (Å²) in [4.78, 5) is 31.5. The van der Waals surface area contributed by atoms with E-state index in [0.717, 1.165) is 12.1 Å². The second-order valence-electron chi connectivity index (χ2n) is 3.93. The van der Waals surface area contributed by atoms with Gasteiger partial charge in [-0.2, -0.15) is 0 Å². The fourth-order valence-corrected chi connectivity index (χ4v) is 1.54. The summed E-state index contributed by atoms with van der Waals surface area (Å²) in [6.07, 6.45) is -1.19. The lowest BCUT2D eigenvalue weighted by molar-refractivity contribution is -0.385. The van der Waals surface area contributed by atoms with E-state index in [4.69, 9.17) is 9.47 Å². The molecule has 0 radical (unpaired) electrons. The molecule has 112 valence electrons. The van der Waals surface area contributed by atoms with Crippen molar-refractivity contribution in [1.82, 2.24) is 0 Å². The van der Waals surface area contributed by atoms with E-state index in [2.05, 4.69) is 0 Å². The van der Waals surface area contributed by atoms with Crippen LogP contribution in [0.2, 0.25) is 0 Å². The Balaban J connectivity index is 2.07. The quantitative estimate of drug-likeness (QED) is 0.368. The van der Waals surface area contributed by atoms with Crippen molar-refractivity contribution in [3.8, 4) is 11.5 Å². The van der Waals surface area contributed by atoms with Crippen LogP contribution in [0.25, 0.3) is 0 Å². The van der Waals surface area contributed by atoms with Crippen LogP contribution in [0.3, 0.4) is 0 Å². The fourth-order valence-electron chi connectivity index (χ4n) is 1.54. The smallest absolute Gasteiger partial charge is 0.395 e. The van der Waals surface area contributed by atoms with Crippen molar-refractivity contribution in [2.45, 2.75) is 0 Å². The zero-order valence-electron chi connectivity index (χ0n) is 10.9. The minimum absolute atomic E-state index is 0.00850. The third kappa shape index (κ3) is 3.54. The first-order valence-electron chi connectivity index (χ1n) is 5.85. The summed E-state index contributed by atoms with van der Waals surface area (Å²) in [5, 5.41) is 21.3. The Bertz CT molecular complexity index is 727. The molecule has 0 aliphatic carbocycles. The van der Waals surface area contributed by atoms with Gasteiger partial charge >= 0.3 is 11.8 Å². The van der Waals surface area contributed by atoms with Crippen molar-refractivity contribution in [3.05, 3.63) is 68.8 Å². The van der Waals surface area contributed by atoms with Crippen molar-refractivity contribution in [2.24, 2.45) is 0 Å². The number of hydrogen-bond donors (Lipinski definition) is 0. The molecule has 0 amide bonds. The van der Waals surface area contributed by atoms with Gasteiger partial charge < -0.3 is 9.47 Å². The standard InChI is InChI=1S/C13H8N2O7/c16-13(21-10-7-5-9(6-8-10)14(17)18)22-12-4-2-1-3-11(12)15(19)20/h1-8H. The predicted molar refractivity (Wildman–Crippen MR) is 72.8 cm³/mol. The summed E-state index contributed by atoms with van der Waals surface area (Å²) in [6, 6.07) is 10.0. The summed E-state index contributed by atoms with van der Waals surface area (Å²) in [6.45, 7) is 0. The maximum atomic E-state index is 11.6. The molecule has 2 aromatic carbocycles. The van der Waals surface area contributed by atoms with Crippen molar-refractivity contribution in [1.29, 1.82) is 0 Å². The van der Waals surface area contributed by atoms with Gasteiger partial charge in [-0.15, -0.1) is 0 Å². The Morgan fingerprint density at radius 1 is 0.864 bits per heavy atom. The van der Waals surface area contributed by atoms with Crippen LogP contribution in [0.5, 0.6) is 11.5 Å². The Morgan fingerprint density at radius 3 is 2.09 bits per heavy atom. The summed E-state index contributed by atoms with van der Waals surface area (Å²) in [7, 11) is 0. The maximum Gasteiger partial charge on any atom is 0.519 e. The number of ether oxygens (including phenoxy) is 2. The van der Waals surface area contributed by atoms with Gasteiger partial charge in [0.15, 0.2) is 0 Å². The van der Waals surface area contributed by atoms with Crippen molar-refractivity contribution >= 4 is 17.5 Å². The summed E-state index contributed by atoms with van der Waals surface area (Å²) in [5.41, 5.74) is -0.553. The molecule has 0 heterocycles. The molecule has 0 aromatic heterocycles. The molecular weight excluding hydrogens is 296 g/mol. The Morgan fingerprint density at radius 2 is 1.50 bits per heavy atom. The van der Waals surface area contributed by atoms with E-state index in [-0.39, 0.29) is 22.9 Å². The van der Waals surface area contributed by atoms with E-state index < -0.39 is 16.0 Å². The number of hydrogen-bond acceptors (Lipinski definition) is 7. The number of carbonyl (C=O) groups excluding carboxylic acids is 1. The Kier molecular flexibility index (Phi) is 4.27. The molecule has 9 heteroatoms. The van der Waals surface area contributed by atoms with E-state index in [1.54, 1.807) is 0 Å². The van der Waals surface area contributed by atoms with E-state index in [0.29, 0.717) is 0 Å². The van der Waals surface area contributed by atoms with Crippen LogP contribution in [0.4, 0.5) is 16.2 Å². The first-order valence-corrected chi connectivity index (χ1v) is 5.85. The molecular formula is C13H8N2O7. The van der Waals surface area contributed by atoms with Crippen molar-refractivity contribution in [3.63, 3.8) is 0 Å². The molecule has 0 fully saturated rings. The highest BCUT2D eigenvalue weighted by Crippen LogP contribution is 2.26. The van der Waals surface area contributed by atoms with E-state index in [1.165, 1.54) is 36.4 Å². The molecule has 22 heavy (non-hydrogen) atoms. The number of non-ortho nitro benzene ring substituents is 1. The number of carbonyl (C=O) groups is 1. The third-order valence-electron chi connectivity index (χ3n) is 2.50. The molecule has 0 N–H and O–H groups in total. The number of benzene rings is 2. The van der Waals surface area contributed by atoms with Gasteiger partial charge in [-0.25, -0.2) is 4.79 Å².